The lowest BCUT2D eigenvalue weighted by Gasteiger charge is -2.42. The van der Waals surface area contributed by atoms with Crippen LogP contribution in [-0.4, -0.2) is 71.1 Å². The van der Waals surface area contributed by atoms with Gasteiger partial charge in [-0.05, 0) is 125 Å². The number of hydrogen-bond donors (Lipinski definition) is 0. The molecule has 0 aliphatic carbocycles. The van der Waals surface area contributed by atoms with E-state index in [0.29, 0.717) is 30.0 Å². The van der Waals surface area contributed by atoms with Crippen LogP contribution < -0.4 is 4.90 Å². The van der Waals surface area contributed by atoms with E-state index in [9.17, 15) is 9.59 Å². The van der Waals surface area contributed by atoms with Gasteiger partial charge in [-0.25, -0.2) is 9.78 Å². The van der Waals surface area contributed by atoms with Crippen molar-refractivity contribution in [2.45, 2.75) is 139 Å². The molecule has 3 aromatic rings. The first-order valence-corrected chi connectivity index (χ1v) is 21.2. The third-order valence-electron chi connectivity index (χ3n) is 12.1. The molecule has 2 fully saturated rings. The molecule has 1 amide bonds. The van der Waals surface area contributed by atoms with Crippen molar-refractivity contribution in [3.8, 4) is 11.1 Å². The number of amides is 1. The first kappa shape index (κ1) is 42.2. The number of pyridine rings is 1. The number of hydrogen-bond acceptors (Lipinski definition) is 7. The summed E-state index contributed by atoms with van der Waals surface area (Å²) in [5.74, 6) is -0.498. The van der Waals surface area contributed by atoms with E-state index in [-0.39, 0.29) is 22.8 Å². The highest BCUT2D eigenvalue weighted by molar-refractivity contribution is 6.31. The van der Waals surface area contributed by atoms with Gasteiger partial charge in [0, 0.05) is 67.7 Å². The minimum atomic E-state index is -1.03. The molecular weight excluding hydrogens is 720 g/mol. The molecule has 0 bridgehead atoms. The third kappa shape index (κ3) is 9.62. The summed E-state index contributed by atoms with van der Waals surface area (Å²) in [5.41, 5.74) is 8.97. The zero-order valence-electron chi connectivity index (χ0n) is 35.9. The summed E-state index contributed by atoms with van der Waals surface area (Å²) >= 11 is 6.66. The number of carbonyl (C=O) groups is 2. The molecule has 6 rings (SSSR count). The second-order valence-electron chi connectivity index (χ2n) is 19.4. The predicted octanol–water partition coefficient (Wildman–Crippen LogP) is 10.3. The highest BCUT2D eigenvalue weighted by Gasteiger charge is 2.40. The maximum absolute atomic E-state index is 14.9. The van der Waals surface area contributed by atoms with Gasteiger partial charge in [-0.15, -0.1) is 0 Å². The van der Waals surface area contributed by atoms with Gasteiger partial charge in [0.05, 0.1) is 17.4 Å². The standard InChI is InChI=1S/C47H65ClN4O4/c1-30(2)55-44(54)42(56-45(5,6)7)38-32(4)49-40(43(53)52-25-20-47(10,11)21-26-52)39(41(38)51-23-18-46(8,9)19-24-51)34-15-16-35-28-50(22-17-33(35)27-34)29-36-31(3)13-12-14-37(36)48/h12-16,27,30,42H,17-26,28-29H2,1-11H3/t42-/m0/s1. The molecule has 56 heavy (non-hydrogen) atoms. The van der Waals surface area contributed by atoms with Gasteiger partial charge in [-0.3, -0.25) is 9.69 Å². The number of aryl methyl sites for hydroxylation is 2. The van der Waals surface area contributed by atoms with Crippen molar-refractivity contribution < 1.29 is 19.1 Å². The Morgan fingerprint density at radius 1 is 0.893 bits per heavy atom. The number of benzene rings is 2. The predicted molar refractivity (Wildman–Crippen MR) is 227 cm³/mol. The molecule has 0 spiro atoms. The number of nitrogens with zero attached hydrogens (tertiary/aromatic N) is 4. The highest BCUT2D eigenvalue weighted by atomic mass is 35.5. The van der Waals surface area contributed by atoms with Crippen LogP contribution in [0, 0.1) is 24.7 Å². The van der Waals surface area contributed by atoms with Gasteiger partial charge < -0.3 is 19.3 Å². The number of ether oxygens (including phenoxy) is 2. The van der Waals surface area contributed by atoms with Gasteiger partial charge in [-0.1, -0.05) is 69.6 Å². The quantitative estimate of drug-likeness (QED) is 0.200. The van der Waals surface area contributed by atoms with Gasteiger partial charge >= 0.3 is 5.97 Å². The number of piperidine rings is 2. The summed E-state index contributed by atoms with van der Waals surface area (Å²) < 4.78 is 12.6. The summed E-state index contributed by atoms with van der Waals surface area (Å²) in [4.78, 5) is 41.2. The average molecular weight is 786 g/mol. The van der Waals surface area contributed by atoms with Gasteiger partial charge in [0.2, 0.25) is 0 Å². The lowest BCUT2D eigenvalue weighted by atomic mass is 9.81. The molecule has 2 saturated heterocycles. The van der Waals surface area contributed by atoms with E-state index >= 15 is 0 Å². The summed E-state index contributed by atoms with van der Waals surface area (Å²) in [7, 11) is 0. The number of anilines is 1. The van der Waals surface area contributed by atoms with Gasteiger partial charge in [-0.2, -0.15) is 0 Å². The van der Waals surface area contributed by atoms with E-state index in [1.54, 1.807) is 0 Å². The Morgan fingerprint density at radius 3 is 2.14 bits per heavy atom. The molecule has 304 valence electrons. The van der Waals surface area contributed by atoms with Crippen molar-refractivity contribution in [1.82, 2.24) is 14.8 Å². The number of halogens is 1. The number of fused-ring (bicyclic) bond motifs is 1. The first-order chi connectivity index (χ1) is 26.2. The molecule has 0 radical (unpaired) electrons. The number of esters is 1. The van der Waals surface area contributed by atoms with Gasteiger partial charge in [0.1, 0.15) is 5.69 Å². The maximum atomic E-state index is 14.9. The number of likely N-dealkylation sites (tertiary alicyclic amines) is 1. The monoisotopic (exact) mass is 784 g/mol. The molecule has 3 aliphatic heterocycles. The fourth-order valence-electron chi connectivity index (χ4n) is 8.44. The number of carbonyl (C=O) groups excluding carboxylic acids is 2. The topological polar surface area (TPSA) is 75.2 Å². The van der Waals surface area contributed by atoms with Crippen molar-refractivity contribution in [2.24, 2.45) is 10.8 Å². The summed E-state index contributed by atoms with van der Waals surface area (Å²) in [5, 5.41) is 0.808. The second kappa shape index (κ2) is 16.4. The molecule has 0 N–H and O–H groups in total. The molecule has 9 heteroatoms. The largest absolute Gasteiger partial charge is 0.461 e. The molecule has 4 heterocycles. The third-order valence-corrected chi connectivity index (χ3v) is 12.4. The minimum Gasteiger partial charge on any atom is -0.461 e. The van der Waals surface area contributed by atoms with Crippen molar-refractivity contribution in [3.63, 3.8) is 0 Å². The van der Waals surface area contributed by atoms with Gasteiger partial charge in [0.15, 0.2) is 6.10 Å². The van der Waals surface area contributed by atoms with Crippen LogP contribution in [0.3, 0.4) is 0 Å². The van der Waals surface area contributed by atoms with Crippen molar-refractivity contribution in [1.29, 1.82) is 0 Å². The van der Waals surface area contributed by atoms with E-state index in [1.807, 2.05) is 58.6 Å². The zero-order chi connectivity index (χ0) is 40.7. The minimum absolute atomic E-state index is 0.0548. The van der Waals surface area contributed by atoms with Crippen molar-refractivity contribution >= 4 is 29.2 Å². The lowest BCUT2D eigenvalue weighted by Crippen LogP contribution is -2.43. The zero-order valence-corrected chi connectivity index (χ0v) is 36.7. The Labute approximate surface area is 341 Å². The normalized spacial score (nSPS) is 19.2. The first-order valence-electron chi connectivity index (χ1n) is 20.8. The van der Waals surface area contributed by atoms with E-state index in [4.69, 9.17) is 26.1 Å². The molecule has 0 unspecified atom stereocenters. The van der Waals surface area contributed by atoms with Crippen LogP contribution in [-0.2, 0) is 33.8 Å². The summed E-state index contributed by atoms with van der Waals surface area (Å²) in [6.45, 7) is 28.3. The Morgan fingerprint density at radius 2 is 1.54 bits per heavy atom. The van der Waals surface area contributed by atoms with Crippen LogP contribution in [0.5, 0.6) is 0 Å². The van der Waals surface area contributed by atoms with Crippen LogP contribution in [0.1, 0.15) is 138 Å². The maximum Gasteiger partial charge on any atom is 0.340 e. The van der Waals surface area contributed by atoms with E-state index in [2.05, 4.69) is 68.7 Å². The Hall–Kier alpha value is -3.46. The fourth-order valence-corrected chi connectivity index (χ4v) is 8.72. The molecule has 3 aliphatic rings. The van der Waals surface area contributed by atoms with Crippen LogP contribution >= 0.6 is 11.6 Å². The molecular formula is C47H65ClN4O4. The molecule has 2 aromatic carbocycles. The lowest BCUT2D eigenvalue weighted by molar-refractivity contribution is -0.171. The number of rotatable bonds is 9. The number of aromatic nitrogens is 1. The Balaban J connectivity index is 1.53. The van der Waals surface area contributed by atoms with Crippen LogP contribution in [0.4, 0.5) is 5.69 Å². The van der Waals surface area contributed by atoms with E-state index in [0.717, 1.165) is 86.7 Å². The fraction of sp³-hybridized carbons (Fsp3) is 0.596. The smallest absolute Gasteiger partial charge is 0.340 e. The van der Waals surface area contributed by atoms with Crippen molar-refractivity contribution in [3.05, 3.63) is 80.6 Å². The molecule has 0 saturated carbocycles. The molecule has 8 nitrogen and oxygen atoms in total. The van der Waals surface area contributed by atoms with Gasteiger partial charge in [0.25, 0.3) is 5.91 Å². The van der Waals surface area contributed by atoms with E-state index < -0.39 is 17.7 Å². The van der Waals surface area contributed by atoms with Crippen LogP contribution in [0.25, 0.3) is 11.1 Å². The highest BCUT2D eigenvalue weighted by Crippen LogP contribution is 2.46. The van der Waals surface area contributed by atoms with Crippen molar-refractivity contribution in [2.75, 3.05) is 37.6 Å². The Kier molecular flexibility index (Phi) is 12.4. The SMILES string of the molecule is Cc1cccc(Cl)c1CN1CCc2cc(-c3c(C(=O)N4CCC(C)(C)CC4)nc(C)c([C@H](OC(C)(C)C)C(=O)OC(C)C)c3N3CCC(C)(C)CC3)ccc2C1. The molecule has 1 aromatic heterocycles. The summed E-state index contributed by atoms with van der Waals surface area (Å²) in [6.07, 6.45) is 3.33. The Bertz CT molecular complexity index is 1910. The second-order valence-corrected chi connectivity index (χ2v) is 19.8. The van der Waals surface area contributed by atoms with Crippen LogP contribution in [0.15, 0.2) is 36.4 Å². The molecule has 1 atom stereocenters. The summed E-state index contributed by atoms with van der Waals surface area (Å²) in [6, 6.07) is 12.8. The van der Waals surface area contributed by atoms with Crippen LogP contribution in [0.2, 0.25) is 5.02 Å². The van der Waals surface area contributed by atoms with E-state index in [1.165, 1.54) is 22.3 Å². The average Bonchev–Trinajstić information content (AvgIpc) is 3.11.